The topological polar surface area (TPSA) is 123 Å². The predicted octanol–water partition coefficient (Wildman–Crippen LogP) is 1.84. The first-order chi connectivity index (χ1) is 15.4. The van der Waals surface area contributed by atoms with Crippen LogP contribution in [0.3, 0.4) is 0 Å². The molecule has 1 saturated heterocycles. The van der Waals surface area contributed by atoms with Crippen molar-refractivity contribution in [2.24, 2.45) is 11.8 Å². The zero-order valence-electron chi connectivity index (χ0n) is 18.9. The van der Waals surface area contributed by atoms with E-state index >= 15 is 4.39 Å². The van der Waals surface area contributed by atoms with Crippen LogP contribution in [0.4, 0.5) is 20.8 Å². The second-order valence-electron chi connectivity index (χ2n) is 8.65. The number of hydrogen-bond donors (Lipinski definition) is 4. The molecule has 0 aromatic carbocycles. The molecule has 0 radical (unpaired) electrons. The van der Waals surface area contributed by atoms with Crippen molar-refractivity contribution in [1.29, 1.82) is 0 Å². The Morgan fingerprint density at radius 1 is 1.19 bits per heavy atom. The number of anilines is 2. The molecule has 2 amide bonds. The Labute approximate surface area is 187 Å². The van der Waals surface area contributed by atoms with Gasteiger partial charge in [-0.05, 0) is 19.4 Å². The van der Waals surface area contributed by atoms with Gasteiger partial charge in [-0.1, -0.05) is 32.6 Å². The minimum Gasteiger partial charge on any atom is -0.465 e. The van der Waals surface area contributed by atoms with Gasteiger partial charge in [0.2, 0.25) is 11.7 Å². The van der Waals surface area contributed by atoms with E-state index in [0.29, 0.717) is 37.7 Å². The molecule has 1 aliphatic carbocycles. The van der Waals surface area contributed by atoms with Gasteiger partial charge in [0.05, 0.1) is 5.92 Å². The molecule has 2 heterocycles. The van der Waals surface area contributed by atoms with Crippen LogP contribution in [0.5, 0.6) is 0 Å². The second kappa shape index (κ2) is 11.3. The van der Waals surface area contributed by atoms with Gasteiger partial charge >= 0.3 is 6.09 Å². The van der Waals surface area contributed by atoms with Crippen molar-refractivity contribution in [2.75, 3.05) is 50.1 Å². The number of aryl methyl sites for hydroxylation is 1. The van der Waals surface area contributed by atoms with Crippen molar-refractivity contribution < 1.29 is 19.1 Å². The lowest BCUT2D eigenvalue weighted by molar-refractivity contribution is -0.124. The normalized spacial score (nSPS) is 18.4. The van der Waals surface area contributed by atoms with Gasteiger partial charge in [-0.15, -0.1) is 0 Å². The van der Waals surface area contributed by atoms with Crippen molar-refractivity contribution in [2.45, 2.75) is 45.4 Å². The number of carboxylic acid groups (broad SMARTS) is 1. The molecule has 1 atom stereocenters. The lowest BCUT2D eigenvalue weighted by atomic mass is 9.92. The van der Waals surface area contributed by atoms with Crippen LogP contribution in [0.25, 0.3) is 0 Å². The molecule has 0 unspecified atom stereocenters. The molecule has 1 saturated carbocycles. The molecular weight excluding hydrogens is 417 g/mol. The number of piperazine rings is 1. The Morgan fingerprint density at radius 3 is 2.50 bits per heavy atom. The number of rotatable bonds is 9. The summed E-state index contributed by atoms with van der Waals surface area (Å²) in [7, 11) is 2.02. The van der Waals surface area contributed by atoms with Crippen LogP contribution >= 0.6 is 0 Å². The molecule has 0 bridgehead atoms. The maximum absolute atomic E-state index is 15.2. The predicted molar refractivity (Wildman–Crippen MR) is 119 cm³/mol. The molecule has 0 spiro atoms. The molecule has 1 aromatic heterocycles. The fraction of sp³-hybridized carbons (Fsp3) is 0.714. The largest absolute Gasteiger partial charge is 0.465 e. The summed E-state index contributed by atoms with van der Waals surface area (Å²) in [6, 6.07) is 0. The highest BCUT2D eigenvalue weighted by Gasteiger charge is 2.27. The Balaban J connectivity index is 1.69. The van der Waals surface area contributed by atoms with E-state index in [1.54, 1.807) is 0 Å². The first-order valence-corrected chi connectivity index (χ1v) is 11.4. The maximum atomic E-state index is 15.2. The summed E-state index contributed by atoms with van der Waals surface area (Å²) in [6.07, 6.45) is 4.28. The van der Waals surface area contributed by atoms with E-state index in [0.717, 1.165) is 38.8 Å². The van der Waals surface area contributed by atoms with E-state index in [4.69, 9.17) is 5.11 Å². The van der Waals surface area contributed by atoms with Crippen molar-refractivity contribution in [1.82, 2.24) is 25.6 Å². The van der Waals surface area contributed by atoms with Crippen molar-refractivity contribution in [3.8, 4) is 0 Å². The number of likely N-dealkylation sites (N-methyl/N-ethyl adjacent to an activating group) is 1. The smallest absolute Gasteiger partial charge is 0.404 e. The van der Waals surface area contributed by atoms with Crippen molar-refractivity contribution in [3.63, 3.8) is 0 Å². The summed E-state index contributed by atoms with van der Waals surface area (Å²) in [5, 5.41) is 11.2. The van der Waals surface area contributed by atoms with Crippen LogP contribution < -0.4 is 21.1 Å². The molecule has 11 heteroatoms. The summed E-state index contributed by atoms with van der Waals surface area (Å²) in [5.74, 6) is -0.512. The van der Waals surface area contributed by atoms with Crippen LogP contribution in [-0.4, -0.2) is 71.7 Å². The Hall–Kier alpha value is -2.69. The quantitative estimate of drug-likeness (QED) is 0.420. The zero-order valence-corrected chi connectivity index (χ0v) is 18.9. The number of hydrogen-bond acceptors (Lipinski definition) is 7. The number of nitrogens with zero attached hydrogens (tertiary/aromatic N) is 4. The number of aromatic nitrogens is 2. The monoisotopic (exact) mass is 451 g/mol. The number of amides is 2. The van der Waals surface area contributed by atoms with Crippen LogP contribution in [-0.2, 0) is 11.2 Å². The molecule has 4 N–H and O–H groups in total. The van der Waals surface area contributed by atoms with Crippen molar-refractivity contribution in [3.05, 3.63) is 11.6 Å². The lowest BCUT2D eigenvalue weighted by Crippen LogP contribution is -2.45. The lowest BCUT2D eigenvalue weighted by Gasteiger charge is -2.33. The average Bonchev–Trinajstić information content (AvgIpc) is 3.29. The van der Waals surface area contributed by atoms with E-state index in [9.17, 15) is 9.59 Å². The molecule has 10 nitrogen and oxygen atoms in total. The zero-order chi connectivity index (χ0) is 23.1. The first kappa shape index (κ1) is 24.0. The van der Waals surface area contributed by atoms with Crippen molar-refractivity contribution >= 4 is 23.6 Å². The molecule has 178 valence electrons. The third kappa shape index (κ3) is 6.41. The summed E-state index contributed by atoms with van der Waals surface area (Å²) < 4.78 is 15.2. The molecule has 2 fully saturated rings. The third-order valence-corrected chi connectivity index (χ3v) is 6.27. The number of carbonyl (C=O) groups is 2. The number of carbonyl (C=O) groups excluding carboxylic acids is 1. The standard InChI is InChI=1S/C21H34FN7O3/c1-3-16-24-18(17(22)19(25-16)29-10-8-28(2)9-11-29)26-27-20(30)15(13-23-21(31)32)12-14-6-4-5-7-14/h14-15,23H,3-13H2,1-2H3,(H,27,30)(H,31,32)(H,24,25,26)/t15-/m1/s1. The van der Waals surface area contributed by atoms with Gasteiger partial charge in [-0.2, -0.15) is 4.39 Å². The number of halogens is 1. The summed E-state index contributed by atoms with van der Waals surface area (Å²) in [6.45, 7) is 4.83. The Bertz CT molecular complexity index is 796. The Kier molecular flexibility index (Phi) is 8.43. The molecule has 32 heavy (non-hydrogen) atoms. The van der Waals surface area contributed by atoms with Crippen LogP contribution in [0.2, 0.25) is 0 Å². The second-order valence-corrected chi connectivity index (χ2v) is 8.65. The van der Waals surface area contributed by atoms with Gasteiger partial charge < -0.3 is 20.2 Å². The first-order valence-electron chi connectivity index (χ1n) is 11.4. The average molecular weight is 452 g/mol. The molecule has 3 rings (SSSR count). The van der Waals surface area contributed by atoms with Gasteiger partial charge in [-0.3, -0.25) is 15.6 Å². The van der Waals surface area contributed by atoms with E-state index in [1.165, 1.54) is 0 Å². The minimum atomic E-state index is -1.17. The third-order valence-electron chi connectivity index (χ3n) is 6.27. The fourth-order valence-corrected chi connectivity index (χ4v) is 4.31. The highest BCUT2D eigenvalue weighted by molar-refractivity contribution is 5.80. The number of hydrazine groups is 1. The van der Waals surface area contributed by atoms with E-state index in [2.05, 4.69) is 31.0 Å². The van der Waals surface area contributed by atoms with Gasteiger partial charge in [-0.25, -0.2) is 14.8 Å². The van der Waals surface area contributed by atoms with Gasteiger partial charge in [0.15, 0.2) is 11.6 Å². The minimum absolute atomic E-state index is 0.0123. The summed E-state index contributed by atoms with van der Waals surface area (Å²) >= 11 is 0. The van der Waals surface area contributed by atoms with E-state index < -0.39 is 17.8 Å². The SMILES string of the molecule is CCc1nc(NNC(=O)[C@@H](CNC(=O)O)CC2CCCC2)c(F)c(N2CCN(C)CC2)n1. The molecule has 1 aromatic rings. The van der Waals surface area contributed by atoms with Crippen LogP contribution in [0.1, 0.15) is 44.9 Å². The van der Waals surface area contributed by atoms with Crippen LogP contribution in [0.15, 0.2) is 0 Å². The molecule has 2 aliphatic rings. The van der Waals surface area contributed by atoms with Gasteiger partial charge in [0.25, 0.3) is 0 Å². The summed E-state index contributed by atoms with van der Waals surface area (Å²) in [5.41, 5.74) is 5.18. The highest BCUT2D eigenvalue weighted by atomic mass is 19.1. The van der Waals surface area contributed by atoms with Gasteiger partial charge in [0, 0.05) is 39.1 Å². The fourth-order valence-electron chi connectivity index (χ4n) is 4.31. The van der Waals surface area contributed by atoms with E-state index in [-0.39, 0.29) is 24.1 Å². The number of nitrogens with one attached hydrogen (secondary N) is 3. The Morgan fingerprint density at radius 2 is 1.88 bits per heavy atom. The van der Waals surface area contributed by atoms with Gasteiger partial charge in [0.1, 0.15) is 5.82 Å². The van der Waals surface area contributed by atoms with E-state index in [1.807, 2.05) is 18.9 Å². The maximum Gasteiger partial charge on any atom is 0.404 e. The molecule has 1 aliphatic heterocycles. The summed E-state index contributed by atoms with van der Waals surface area (Å²) in [4.78, 5) is 36.4. The molecular formula is C21H34FN7O3. The van der Waals surface area contributed by atoms with Crippen LogP contribution in [0, 0.1) is 17.7 Å². The highest BCUT2D eigenvalue weighted by Crippen LogP contribution is 2.30.